The molecule has 11 heteroatoms. The minimum Gasteiger partial charge on any atom is -0.397 e. The fraction of sp³-hybridized carbons (Fsp3) is 0.647. The van der Waals surface area contributed by atoms with Gasteiger partial charge < -0.3 is 10.6 Å². The minimum atomic E-state index is -4.29. The number of hydrogen-bond donors (Lipinski definition) is 3. The van der Waals surface area contributed by atoms with Crippen molar-refractivity contribution in [2.45, 2.75) is 50.8 Å². The lowest BCUT2D eigenvalue weighted by Gasteiger charge is -2.25. The Morgan fingerprint density at radius 1 is 1.14 bits per heavy atom. The Balaban J connectivity index is 3.08. The lowest BCUT2D eigenvalue weighted by atomic mass is 10.1. The smallest absolute Gasteiger partial charge is 0.242 e. The number of nitrogens with zero attached hydrogens (tertiary/aromatic N) is 1. The van der Waals surface area contributed by atoms with E-state index in [0.29, 0.717) is 6.42 Å². The molecule has 0 radical (unpaired) electrons. The van der Waals surface area contributed by atoms with Crippen LogP contribution in [0, 0.1) is 0 Å². The summed E-state index contributed by atoms with van der Waals surface area (Å²) in [5, 5.41) is 4.06. The molecule has 0 spiro atoms. The van der Waals surface area contributed by atoms with Crippen LogP contribution in [0.15, 0.2) is 33.4 Å². The van der Waals surface area contributed by atoms with Gasteiger partial charge in [0.05, 0.1) is 11.1 Å². The van der Waals surface area contributed by atoms with Gasteiger partial charge in [0.25, 0.3) is 0 Å². The number of hydrogen-bond acceptors (Lipinski definition) is 6. The predicted octanol–water partition coefficient (Wildman–Crippen LogP) is 1.68. The van der Waals surface area contributed by atoms with E-state index in [1.54, 1.807) is 19.0 Å². The van der Waals surface area contributed by atoms with Gasteiger partial charge in [-0.05, 0) is 18.1 Å². The monoisotopic (exact) mass is 454 g/mol. The molecule has 5 N–H and O–H groups in total. The third-order valence-corrected chi connectivity index (χ3v) is 7.35. The number of nitrogens with two attached hydrogens (primary N) is 2. The van der Waals surface area contributed by atoms with E-state index in [2.05, 4.69) is 11.6 Å². The highest BCUT2D eigenvalue weighted by Gasteiger charge is 2.36. The molecule has 1 aliphatic carbocycles. The zero-order valence-electron chi connectivity index (χ0n) is 16.6. The third-order valence-electron chi connectivity index (χ3n) is 4.18. The average Bonchev–Trinajstić information content (AvgIpc) is 2.54. The second kappa shape index (κ2) is 10.6. The second-order valence-electron chi connectivity index (χ2n) is 6.95. The largest absolute Gasteiger partial charge is 0.397 e. The van der Waals surface area contributed by atoms with Crippen LogP contribution in [0.2, 0.25) is 0 Å². The molecule has 0 aromatic carbocycles. The number of halogens is 1. The van der Waals surface area contributed by atoms with Gasteiger partial charge in [-0.15, -0.1) is 11.6 Å². The van der Waals surface area contributed by atoms with Crippen molar-refractivity contribution < 1.29 is 16.8 Å². The molecule has 0 heterocycles. The number of primary sulfonamides is 1. The summed E-state index contributed by atoms with van der Waals surface area (Å²) in [6.07, 6.45) is 8.87. The molecule has 0 saturated carbocycles. The van der Waals surface area contributed by atoms with E-state index < -0.39 is 36.0 Å². The molecule has 8 nitrogen and oxygen atoms in total. The van der Waals surface area contributed by atoms with Gasteiger partial charge in [-0.25, -0.2) is 26.7 Å². The molecule has 1 aliphatic rings. The number of nitrogens with one attached hydrogen (secondary N) is 1. The SMILES string of the molecule is CCCCCCCCNS(=O)(=O)C1=CC(=CN(C)C)C(Cl)C(S(N)(=O)=O)=C1N. The summed E-state index contributed by atoms with van der Waals surface area (Å²) in [5.74, 6) is 0. The fourth-order valence-corrected chi connectivity index (χ4v) is 5.60. The van der Waals surface area contributed by atoms with Crippen LogP contribution in [0.3, 0.4) is 0 Å². The molecule has 1 atom stereocenters. The van der Waals surface area contributed by atoms with Crippen LogP contribution in [0.25, 0.3) is 0 Å². The van der Waals surface area contributed by atoms with Crippen LogP contribution in [0.1, 0.15) is 45.4 Å². The number of allylic oxidation sites excluding steroid dienone is 3. The van der Waals surface area contributed by atoms with Gasteiger partial charge >= 0.3 is 0 Å². The number of alkyl halides is 1. The molecule has 0 aromatic heterocycles. The van der Waals surface area contributed by atoms with E-state index in [0.717, 1.165) is 32.1 Å². The molecule has 1 rings (SSSR count). The zero-order valence-corrected chi connectivity index (χ0v) is 19.0. The van der Waals surface area contributed by atoms with Crippen molar-refractivity contribution in [3.05, 3.63) is 33.4 Å². The Bertz CT molecular complexity index is 846. The topological polar surface area (TPSA) is 136 Å². The van der Waals surface area contributed by atoms with E-state index >= 15 is 0 Å². The van der Waals surface area contributed by atoms with Crippen molar-refractivity contribution >= 4 is 31.6 Å². The Kier molecular flexibility index (Phi) is 9.48. The van der Waals surface area contributed by atoms with Gasteiger partial charge in [-0.1, -0.05) is 39.0 Å². The van der Waals surface area contributed by atoms with Crippen molar-refractivity contribution in [3.8, 4) is 0 Å². The minimum absolute atomic E-state index is 0.237. The predicted molar refractivity (Wildman–Crippen MR) is 114 cm³/mol. The maximum Gasteiger partial charge on any atom is 0.242 e. The van der Waals surface area contributed by atoms with Gasteiger partial charge in [-0.2, -0.15) is 0 Å². The summed E-state index contributed by atoms with van der Waals surface area (Å²) in [6.45, 7) is 2.37. The maximum atomic E-state index is 12.7. The van der Waals surface area contributed by atoms with Gasteiger partial charge in [0, 0.05) is 26.8 Å². The molecular weight excluding hydrogens is 424 g/mol. The molecule has 1 unspecified atom stereocenters. The van der Waals surface area contributed by atoms with Gasteiger partial charge in [-0.3, -0.25) is 0 Å². The normalized spacial score (nSPS) is 19.8. The highest BCUT2D eigenvalue weighted by molar-refractivity contribution is 7.94. The summed E-state index contributed by atoms with van der Waals surface area (Å²) < 4.78 is 51.9. The fourth-order valence-electron chi connectivity index (χ4n) is 2.82. The van der Waals surface area contributed by atoms with E-state index in [1.807, 2.05) is 0 Å². The van der Waals surface area contributed by atoms with Crippen molar-refractivity contribution in [2.75, 3.05) is 20.6 Å². The summed E-state index contributed by atoms with van der Waals surface area (Å²) in [4.78, 5) is 0.773. The van der Waals surface area contributed by atoms with Crippen molar-refractivity contribution in [1.29, 1.82) is 0 Å². The van der Waals surface area contributed by atoms with Gasteiger partial charge in [0.15, 0.2) is 0 Å². The Labute approximate surface area is 173 Å². The zero-order chi connectivity index (χ0) is 21.5. The van der Waals surface area contributed by atoms with Crippen molar-refractivity contribution in [2.24, 2.45) is 10.9 Å². The van der Waals surface area contributed by atoms with Crippen molar-refractivity contribution in [1.82, 2.24) is 9.62 Å². The Morgan fingerprint density at radius 2 is 1.71 bits per heavy atom. The van der Waals surface area contributed by atoms with Crippen LogP contribution in [0.5, 0.6) is 0 Å². The van der Waals surface area contributed by atoms with Crippen LogP contribution in [-0.2, 0) is 20.0 Å². The molecule has 0 saturated heterocycles. The first kappa shape index (κ1) is 25.0. The first-order valence-corrected chi connectivity index (χ1v) is 12.6. The van der Waals surface area contributed by atoms with E-state index in [9.17, 15) is 16.8 Å². The van der Waals surface area contributed by atoms with Crippen LogP contribution in [-0.4, -0.2) is 47.8 Å². The van der Waals surface area contributed by atoms with Crippen LogP contribution < -0.4 is 15.6 Å². The molecule has 0 amide bonds. The first-order valence-electron chi connectivity index (χ1n) is 9.18. The molecule has 0 aromatic rings. The lowest BCUT2D eigenvalue weighted by molar-refractivity contribution is 0.557. The lowest BCUT2D eigenvalue weighted by Crippen LogP contribution is -2.35. The van der Waals surface area contributed by atoms with Crippen LogP contribution >= 0.6 is 11.6 Å². The summed E-state index contributed by atoms with van der Waals surface area (Å²) in [7, 11) is -4.91. The van der Waals surface area contributed by atoms with Crippen molar-refractivity contribution in [3.63, 3.8) is 0 Å². The first-order chi connectivity index (χ1) is 12.9. The van der Waals surface area contributed by atoms with E-state index in [-0.39, 0.29) is 17.0 Å². The van der Waals surface area contributed by atoms with Gasteiger partial charge in [0.1, 0.15) is 9.81 Å². The molecule has 0 fully saturated rings. The quantitative estimate of drug-likeness (QED) is 0.321. The maximum absolute atomic E-state index is 12.7. The molecule has 0 aliphatic heterocycles. The van der Waals surface area contributed by atoms with E-state index in [4.69, 9.17) is 22.5 Å². The van der Waals surface area contributed by atoms with E-state index in [1.165, 1.54) is 12.3 Å². The Morgan fingerprint density at radius 3 is 2.25 bits per heavy atom. The number of unbranched alkanes of at least 4 members (excludes halogenated alkanes) is 5. The van der Waals surface area contributed by atoms with Gasteiger partial charge in [0.2, 0.25) is 20.0 Å². The number of sulfonamides is 2. The highest BCUT2D eigenvalue weighted by Crippen LogP contribution is 2.34. The molecule has 0 bridgehead atoms. The number of rotatable bonds is 11. The standard InChI is InChI=1S/C17H31ClN4O4S2/c1-4-5-6-7-8-9-10-21-28(25,26)14-11-13(12-22(2)3)15(18)17(16(14)19)27(20,23)24/h11-12,15,21H,4-10,19H2,1-3H3,(H2,20,23,24). The molecular formula is C17H31ClN4O4S2. The summed E-state index contributed by atoms with van der Waals surface area (Å²) >= 11 is 6.22. The summed E-state index contributed by atoms with van der Waals surface area (Å²) in [6, 6.07) is 0. The average molecular weight is 455 g/mol. The summed E-state index contributed by atoms with van der Waals surface area (Å²) in [5.41, 5.74) is 5.69. The third kappa shape index (κ3) is 7.07. The Hall–Kier alpha value is -1.07. The molecule has 162 valence electrons. The molecule has 28 heavy (non-hydrogen) atoms. The highest BCUT2D eigenvalue weighted by atomic mass is 35.5. The van der Waals surface area contributed by atoms with Crippen LogP contribution in [0.4, 0.5) is 0 Å². The second-order valence-corrected chi connectivity index (χ2v) is 10.7.